The molecule has 0 saturated heterocycles. The smallest absolute Gasteiger partial charge is 0.200 e. The highest BCUT2D eigenvalue weighted by Crippen LogP contribution is 2.36. The standard InChI is InChI=1S/C18H14O4/c19-15-13(11-7-3-1-4-8-11)16(20)18(22)14(17(15)21)12-9-5-2-6-10-12/h1-10,15,19-20,22H/t15-/m0/s1. The fourth-order valence-electron chi connectivity index (χ4n) is 2.56. The van der Waals surface area contributed by atoms with E-state index in [1.807, 2.05) is 0 Å². The number of aliphatic hydroxyl groups excluding tert-OH is 3. The Kier molecular flexibility index (Phi) is 3.53. The largest absolute Gasteiger partial charge is 0.504 e. The molecule has 3 rings (SSSR count). The molecule has 4 nitrogen and oxygen atoms in total. The third-order valence-corrected chi connectivity index (χ3v) is 3.63. The van der Waals surface area contributed by atoms with Crippen LogP contribution in [-0.4, -0.2) is 27.2 Å². The minimum atomic E-state index is -1.52. The zero-order valence-corrected chi connectivity index (χ0v) is 11.6. The maximum absolute atomic E-state index is 12.5. The van der Waals surface area contributed by atoms with E-state index in [2.05, 4.69) is 0 Å². The van der Waals surface area contributed by atoms with Crippen LogP contribution in [0.4, 0.5) is 0 Å². The second-order valence-corrected chi connectivity index (χ2v) is 4.98. The summed E-state index contributed by atoms with van der Waals surface area (Å²) in [5, 5.41) is 30.8. The van der Waals surface area contributed by atoms with Gasteiger partial charge in [-0.25, -0.2) is 0 Å². The predicted molar refractivity (Wildman–Crippen MR) is 83.0 cm³/mol. The maximum atomic E-state index is 12.5. The van der Waals surface area contributed by atoms with E-state index in [9.17, 15) is 20.1 Å². The second-order valence-electron chi connectivity index (χ2n) is 4.98. The second kappa shape index (κ2) is 5.50. The molecule has 0 heterocycles. The molecule has 0 spiro atoms. The number of Topliss-reactive ketones (excluding diaryl/α,β-unsaturated/α-hetero) is 1. The number of hydrogen-bond donors (Lipinski definition) is 3. The van der Waals surface area contributed by atoms with Gasteiger partial charge in [0.25, 0.3) is 0 Å². The number of carbonyl (C=O) groups is 1. The molecular weight excluding hydrogens is 280 g/mol. The first kappa shape index (κ1) is 14.1. The van der Waals surface area contributed by atoms with Gasteiger partial charge in [-0.3, -0.25) is 4.79 Å². The number of ketones is 1. The van der Waals surface area contributed by atoms with Crippen LogP contribution in [-0.2, 0) is 4.79 Å². The van der Waals surface area contributed by atoms with Gasteiger partial charge in [-0.1, -0.05) is 60.7 Å². The Morgan fingerprint density at radius 3 is 1.77 bits per heavy atom. The van der Waals surface area contributed by atoms with Gasteiger partial charge in [0.15, 0.2) is 17.3 Å². The van der Waals surface area contributed by atoms with E-state index in [0.717, 1.165) is 0 Å². The van der Waals surface area contributed by atoms with Crippen LogP contribution >= 0.6 is 0 Å². The lowest BCUT2D eigenvalue weighted by atomic mass is 9.84. The number of aliphatic hydroxyl groups is 3. The van der Waals surface area contributed by atoms with Crippen molar-refractivity contribution in [2.75, 3.05) is 0 Å². The van der Waals surface area contributed by atoms with E-state index in [-0.39, 0.29) is 11.1 Å². The molecule has 0 aromatic heterocycles. The zero-order chi connectivity index (χ0) is 15.7. The van der Waals surface area contributed by atoms with Crippen molar-refractivity contribution >= 4 is 16.9 Å². The molecule has 1 aliphatic carbocycles. The molecule has 0 amide bonds. The molecule has 0 unspecified atom stereocenters. The van der Waals surface area contributed by atoms with Crippen molar-refractivity contribution in [3.63, 3.8) is 0 Å². The average Bonchev–Trinajstić information content (AvgIpc) is 2.55. The Morgan fingerprint density at radius 2 is 1.23 bits per heavy atom. The molecule has 2 aromatic rings. The van der Waals surface area contributed by atoms with Crippen molar-refractivity contribution in [1.29, 1.82) is 0 Å². The summed E-state index contributed by atoms with van der Waals surface area (Å²) in [5.74, 6) is -1.63. The van der Waals surface area contributed by atoms with Crippen LogP contribution in [0.25, 0.3) is 11.1 Å². The molecule has 3 N–H and O–H groups in total. The van der Waals surface area contributed by atoms with Crippen LogP contribution < -0.4 is 0 Å². The van der Waals surface area contributed by atoms with Crippen molar-refractivity contribution in [3.05, 3.63) is 83.3 Å². The van der Waals surface area contributed by atoms with Crippen LogP contribution in [0.15, 0.2) is 72.2 Å². The van der Waals surface area contributed by atoms with Crippen molar-refractivity contribution in [1.82, 2.24) is 0 Å². The van der Waals surface area contributed by atoms with Gasteiger partial charge >= 0.3 is 0 Å². The average molecular weight is 294 g/mol. The van der Waals surface area contributed by atoms with E-state index >= 15 is 0 Å². The summed E-state index contributed by atoms with van der Waals surface area (Å²) in [6.07, 6.45) is -1.52. The van der Waals surface area contributed by atoms with Gasteiger partial charge in [0.2, 0.25) is 0 Å². The van der Waals surface area contributed by atoms with Gasteiger partial charge in [-0.2, -0.15) is 0 Å². The molecule has 0 saturated carbocycles. The quantitative estimate of drug-likeness (QED) is 0.796. The van der Waals surface area contributed by atoms with Gasteiger partial charge < -0.3 is 15.3 Å². The van der Waals surface area contributed by atoms with E-state index in [0.29, 0.717) is 11.1 Å². The van der Waals surface area contributed by atoms with E-state index < -0.39 is 23.4 Å². The fourth-order valence-corrected chi connectivity index (χ4v) is 2.56. The molecule has 1 aliphatic rings. The molecular formula is C18H14O4. The van der Waals surface area contributed by atoms with Crippen LogP contribution in [0.2, 0.25) is 0 Å². The van der Waals surface area contributed by atoms with Gasteiger partial charge in [-0.15, -0.1) is 0 Å². The van der Waals surface area contributed by atoms with Crippen molar-refractivity contribution in [2.24, 2.45) is 0 Å². The fraction of sp³-hybridized carbons (Fsp3) is 0.0556. The van der Waals surface area contributed by atoms with Gasteiger partial charge in [-0.05, 0) is 11.1 Å². The van der Waals surface area contributed by atoms with Crippen LogP contribution in [0, 0.1) is 0 Å². The monoisotopic (exact) mass is 294 g/mol. The Balaban J connectivity index is 2.21. The van der Waals surface area contributed by atoms with Crippen molar-refractivity contribution in [3.8, 4) is 0 Å². The lowest BCUT2D eigenvalue weighted by Gasteiger charge is -2.23. The van der Waals surface area contributed by atoms with Gasteiger partial charge in [0.05, 0.1) is 5.57 Å². The van der Waals surface area contributed by atoms with Crippen molar-refractivity contribution < 1.29 is 20.1 Å². The molecule has 22 heavy (non-hydrogen) atoms. The normalized spacial score (nSPS) is 18.8. The highest BCUT2D eigenvalue weighted by atomic mass is 16.3. The SMILES string of the molecule is O=C1C(c2ccccc2)=C(O)C(O)=C(c2ccccc2)[C@@H]1O. The number of rotatable bonds is 2. The van der Waals surface area contributed by atoms with Crippen LogP contribution in [0.1, 0.15) is 11.1 Å². The zero-order valence-electron chi connectivity index (χ0n) is 11.6. The predicted octanol–water partition coefficient (Wildman–Crippen LogP) is 2.87. The maximum Gasteiger partial charge on any atom is 0.200 e. The third-order valence-electron chi connectivity index (χ3n) is 3.63. The summed E-state index contributed by atoms with van der Waals surface area (Å²) in [7, 11) is 0. The molecule has 0 bridgehead atoms. The number of benzene rings is 2. The summed E-state index contributed by atoms with van der Waals surface area (Å²) < 4.78 is 0. The summed E-state index contributed by atoms with van der Waals surface area (Å²) in [4.78, 5) is 12.5. The first-order chi connectivity index (χ1) is 10.6. The van der Waals surface area contributed by atoms with Gasteiger partial charge in [0, 0.05) is 5.57 Å². The Hall–Kier alpha value is -2.85. The first-order valence-corrected chi connectivity index (χ1v) is 6.81. The third kappa shape index (κ3) is 2.19. The number of carbonyl (C=O) groups excluding carboxylic acids is 1. The molecule has 2 aromatic carbocycles. The molecule has 110 valence electrons. The van der Waals surface area contributed by atoms with Crippen LogP contribution in [0.3, 0.4) is 0 Å². The van der Waals surface area contributed by atoms with E-state index in [1.165, 1.54) is 0 Å². The summed E-state index contributed by atoms with van der Waals surface area (Å²) in [6.45, 7) is 0. The summed E-state index contributed by atoms with van der Waals surface area (Å²) in [6, 6.07) is 17.0. The number of hydrogen-bond acceptors (Lipinski definition) is 4. The first-order valence-electron chi connectivity index (χ1n) is 6.81. The summed E-state index contributed by atoms with van der Waals surface area (Å²) >= 11 is 0. The summed E-state index contributed by atoms with van der Waals surface area (Å²) in [5.41, 5.74) is 0.871. The minimum Gasteiger partial charge on any atom is -0.504 e. The highest BCUT2D eigenvalue weighted by Gasteiger charge is 2.36. The van der Waals surface area contributed by atoms with E-state index in [4.69, 9.17) is 0 Å². The van der Waals surface area contributed by atoms with Crippen LogP contribution in [0.5, 0.6) is 0 Å². The minimum absolute atomic E-state index is 0.0165. The molecule has 1 atom stereocenters. The lowest BCUT2D eigenvalue weighted by Crippen LogP contribution is -2.29. The molecule has 0 fully saturated rings. The molecule has 4 heteroatoms. The molecule has 0 aliphatic heterocycles. The topological polar surface area (TPSA) is 77.8 Å². The van der Waals surface area contributed by atoms with Gasteiger partial charge in [0.1, 0.15) is 6.10 Å². The Morgan fingerprint density at radius 1 is 0.727 bits per heavy atom. The van der Waals surface area contributed by atoms with E-state index in [1.54, 1.807) is 60.7 Å². The molecule has 0 radical (unpaired) electrons. The van der Waals surface area contributed by atoms with Crippen molar-refractivity contribution in [2.45, 2.75) is 6.10 Å². The Labute approximate surface area is 127 Å². The lowest BCUT2D eigenvalue weighted by molar-refractivity contribution is -0.119. The Bertz CT molecular complexity index is 773. The highest BCUT2D eigenvalue weighted by molar-refractivity contribution is 6.29.